The van der Waals surface area contributed by atoms with Gasteiger partial charge in [0.15, 0.2) is 0 Å². The molecule has 0 saturated carbocycles. The van der Waals surface area contributed by atoms with Gasteiger partial charge in [0, 0.05) is 13.7 Å². The summed E-state index contributed by atoms with van der Waals surface area (Å²) in [6.07, 6.45) is -10.1. The first-order valence-electron chi connectivity index (χ1n) is 6.27. The smallest absolute Gasteiger partial charge is 0.404 e. The molecule has 0 heterocycles. The van der Waals surface area contributed by atoms with Gasteiger partial charge in [0.2, 0.25) is 10.0 Å². The molecular weight excluding hydrogens is 368 g/mol. The average Bonchev–Trinajstić information content (AvgIpc) is 2.40. The van der Waals surface area contributed by atoms with E-state index in [0.29, 0.717) is 6.07 Å². The van der Waals surface area contributed by atoms with Crippen LogP contribution in [0.5, 0.6) is 5.75 Å². The van der Waals surface area contributed by atoms with Gasteiger partial charge in [-0.05, 0) is 12.1 Å². The van der Waals surface area contributed by atoms with Gasteiger partial charge in [-0.25, -0.2) is 8.42 Å². The van der Waals surface area contributed by atoms with E-state index in [1.807, 2.05) is 0 Å². The fourth-order valence-corrected chi connectivity index (χ4v) is 3.21. The summed E-state index contributed by atoms with van der Waals surface area (Å²) < 4.78 is 108. The molecule has 0 amide bonds. The molecule has 24 heavy (non-hydrogen) atoms. The number of hydrogen-bond donors (Lipinski definition) is 0. The molecule has 0 saturated heterocycles. The molecule has 1 aromatic carbocycles. The standard InChI is InChI=1S/C12H13F6NO4S/c1-22-7-6-19(8-11(13,14)15)24(20,21)10-5-3-2-4-9(10)23-12(16,17)18/h2-5H,6-8H2,1H3. The first-order chi connectivity index (χ1) is 10.9. The highest BCUT2D eigenvalue weighted by Gasteiger charge is 2.39. The summed E-state index contributed by atoms with van der Waals surface area (Å²) in [5, 5.41) is 0. The van der Waals surface area contributed by atoms with Crippen molar-refractivity contribution < 1.29 is 44.2 Å². The predicted octanol–water partition coefficient (Wildman–Crippen LogP) is 2.78. The number of nitrogens with zero attached hydrogens (tertiary/aromatic N) is 1. The fraction of sp³-hybridized carbons (Fsp3) is 0.500. The first-order valence-corrected chi connectivity index (χ1v) is 7.71. The maximum absolute atomic E-state index is 12.6. The van der Waals surface area contributed by atoms with Gasteiger partial charge < -0.3 is 9.47 Å². The molecule has 0 aliphatic heterocycles. The van der Waals surface area contributed by atoms with Crippen molar-refractivity contribution in [2.75, 3.05) is 26.8 Å². The Balaban J connectivity index is 3.28. The van der Waals surface area contributed by atoms with Crippen LogP contribution in [0.3, 0.4) is 0 Å². The van der Waals surface area contributed by atoms with Crippen molar-refractivity contribution >= 4 is 10.0 Å². The number of rotatable bonds is 7. The van der Waals surface area contributed by atoms with Crippen molar-refractivity contribution in [1.29, 1.82) is 0 Å². The van der Waals surface area contributed by atoms with Crippen LogP contribution in [0.2, 0.25) is 0 Å². The van der Waals surface area contributed by atoms with Gasteiger partial charge in [0.05, 0.1) is 6.61 Å². The number of methoxy groups -OCH3 is 1. The summed E-state index contributed by atoms with van der Waals surface area (Å²) >= 11 is 0. The summed E-state index contributed by atoms with van der Waals surface area (Å²) in [4.78, 5) is -1.03. The number of hydrogen-bond acceptors (Lipinski definition) is 4. The van der Waals surface area contributed by atoms with E-state index in [0.717, 1.165) is 25.3 Å². The molecule has 138 valence electrons. The largest absolute Gasteiger partial charge is 0.573 e. The number of benzene rings is 1. The zero-order chi connectivity index (χ0) is 18.6. The molecule has 12 heteroatoms. The minimum absolute atomic E-state index is 0.0188. The SMILES string of the molecule is COCCN(CC(F)(F)F)S(=O)(=O)c1ccccc1OC(F)(F)F. The molecule has 0 aliphatic carbocycles. The van der Waals surface area contributed by atoms with Crippen LogP contribution < -0.4 is 4.74 Å². The second-order valence-electron chi connectivity index (χ2n) is 4.44. The van der Waals surface area contributed by atoms with E-state index >= 15 is 0 Å². The minimum atomic E-state index is -5.20. The van der Waals surface area contributed by atoms with Crippen molar-refractivity contribution in [3.63, 3.8) is 0 Å². The Morgan fingerprint density at radius 1 is 1.08 bits per heavy atom. The molecule has 0 fully saturated rings. The Labute approximate surface area is 133 Å². The van der Waals surface area contributed by atoms with Crippen LogP contribution in [0.15, 0.2) is 29.2 Å². The van der Waals surface area contributed by atoms with Crippen LogP contribution >= 0.6 is 0 Å². The fourth-order valence-electron chi connectivity index (χ4n) is 1.69. The first kappa shape index (κ1) is 20.5. The second kappa shape index (κ2) is 7.57. The van der Waals surface area contributed by atoms with Gasteiger partial charge in [-0.2, -0.15) is 17.5 Å². The van der Waals surface area contributed by atoms with Crippen molar-refractivity contribution in [1.82, 2.24) is 4.31 Å². The quantitative estimate of drug-likeness (QED) is 0.682. The van der Waals surface area contributed by atoms with Gasteiger partial charge >= 0.3 is 12.5 Å². The van der Waals surface area contributed by atoms with E-state index in [2.05, 4.69) is 9.47 Å². The van der Waals surface area contributed by atoms with Gasteiger partial charge in [0.25, 0.3) is 0 Å². The summed E-state index contributed by atoms with van der Waals surface area (Å²) in [6.45, 7) is -2.95. The molecule has 0 spiro atoms. The average molecular weight is 381 g/mol. The predicted molar refractivity (Wildman–Crippen MR) is 69.8 cm³/mol. The maximum Gasteiger partial charge on any atom is 0.573 e. The van der Waals surface area contributed by atoms with Crippen molar-refractivity contribution in [2.45, 2.75) is 17.4 Å². The van der Waals surface area contributed by atoms with Gasteiger partial charge in [-0.15, -0.1) is 13.2 Å². The Kier molecular flexibility index (Phi) is 6.47. The summed E-state index contributed by atoms with van der Waals surface area (Å²) in [5.74, 6) is -1.12. The van der Waals surface area contributed by atoms with E-state index in [9.17, 15) is 34.8 Å². The number of para-hydroxylation sites is 1. The van der Waals surface area contributed by atoms with E-state index in [4.69, 9.17) is 0 Å². The molecular formula is C12H13F6NO4S. The lowest BCUT2D eigenvalue weighted by Crippen LogP contribution is -2.41. The molecule has 5 nitrogen and oxygen atoms in total. The van der Waals surface area contributed by atoms with Gasteiger partial charge in [-0.1, -0.05) is 12.1 Å². The molecule has 0 aromatic heterocycles. The third-order valence-corrected chi connectivity index (χ3v) is 4.48. The van der Waals surface area contributed by atoms with Gasteiger partial charge in [-0.3, -0.25) is 0 Å². The van der Waals surface area contributed by atoms with E-state index in [1.54, 1.807) is 0 Å². The molecule has 1 rings (SSSR count). The molecule has 0 atom stereocenters. The number of sulfonamides is 1. The van der Waals surface area contributed by atoms with Crippen LogP contribution in [0, 0.1) is 0 Å². The van der Waals surface area contributed by atoms with Crippen LogP contribution in [0.1, 0.15) is 0 Å². The van der Waals surface area contributed by atoms with Crippen molar-refractivity contribution in [2.24, 2.45) is 0 Å². The highest BCUT2D eigenvalue weighted by molar-refractivity contribution is 7.89. The lowest BCUT2D eigenvalue weighted by molar-refractivity contribution is -0.275. The Morgan fingerprint density at radius 3 is 2.17 bits per heavy atom. The summed E-state index contributed by atoms with van der Waals surface area (Å²) in [6, 6.07) is 3.55. The zero-order valence-electron chi connectivity index (χ0n) is 12.2. The highest BCUT2D eigenvalue weighted by Crippen LogP contribution is 2.32. The molecule has 0 aliphatic rings. The number of ether oxygens (including phenoxy) is 2. The normalized spacial score (nSPS) is 13.3. The van der Waals surface area contributed by atoms with Crippen LogP contribution in [0.4, 0.5) is 26.3 Å². The second-order valence-corrected chi connectivity index (χ2v) is 6.35. The molecule has 0 unspecified atom stereocenters. The molecule has 0 bridgehead atoms. The zero-order valence-corrected chi connectivity index (χ0v) is 13.0. The third kappa shape index (κ3) is 6.17. The Morgan fingerprint density at radius 2 is 1.67 bits per heavy atom. The van der Waals surface area contributed by atoms with Gasteiger partial charge in [0.1, 0.15) is 17.2 Å². The Hall–Kier alpha value is -1.53. The third-order valence-electron chi connectivity index (χ3n) is 2.59. The Bertz CT molecular complexity index is 644. The summed E-state index contributed by atoms with van der Waals surface area (Å²) in [7, 11) is -3.76. The van der Waals surface area contributed by atoms with Crippen LogP contribution in [-0.4, -0.2) is 52.1 Å². The van der Waals surface area contributed by atoms with Crippen LogP contribution in [0.25, 0.3) is 0 Å². The monoisotopic (exact) mass is 381 g/mol. The van der Waals surface area contributed by atoms with E-state index < -0.39 is 46.3 Å². The molecule has 0 radical (unpaired) electrons. The lowest BCUT2D eigenvalue weighted by atomic mass is 10.3. The molecule has 0 N–H and O–H groups in total. The number of alkyl halides is 6. The van der Waals surface area contributed by atoms with Crippen molar-refractivity contribution in [3.05, 3.63) is 24.3 Å². The summed E-state index contributed by atoms with van der Waals surface area (Å²) in [5.41, 5.74) is 0. The van der Waals surface area contributed by atoms with E-state index in [1.165, 1.54) is 0 Å². The topological polar surface area (TPSA) is 55.8 Å². The maximum atomic E-state index is 12.6. The van der Waals surface area contributed by atoms with Crippen molar-refractivity contribution in [3.8, 4) is 5.75 Å². The lowest BCUT2D eigenvalue weighted by Gasteiger charge is -2.24. The minimum Gasteiger partial charge on any atom is -0.404 e. The number of halogens is 6. The molecule has 1 aromatic rings. The van der Waals surface area contributed by atoms with E-state index in [-0.39, 0.29) is 10.9 Å². The van der Waals surface area contributed by atoms with Crippen LogP contribution in [-0.2, 0) is 14.8 Å². The highest BCUT2D eigenvalue weighted by atomic mass is 32.2.